The van der Waals surface area contributed by atoms with E-state index in [1.165, 1.54) is 16.3 Å². The molecule has 0 fully saturated rings. The van der Waals surface area contributed by atoms with Gasteiger partial charge in [-0.05, 0) is 46.3 Å². The van der Waals surface area contributed by atoms with E-state index in [0.717, 1.165) is 15.9 Å². The van der Waals surface area contributed by atoms with Crippen molar-refractivity contribution < 1.29 is 0 Å². The molecule has 2 nitrogen and oxygen atoms in total. The summed E-state index contributed by atoms with van der Waals surface area (Å²) in [6.07, 6.45) is 0. The Bertz CT molecular complexity index is 910. The average molecular weight is 323 g/mol. The summed E-state index contributed by atoms with van der Waals surface area (Å²) < 4.78 is 3.06. The third-order valence-electron chi connectivity index (χ3n) is 3.50. The largest absolute Gasteiger partial charge is 0.294 e. The number of para-hydroxylation sites is 2. The number of nitrogens with zero attached hydrogens (tertiary/aromatic N) is 2. The molecule has 0 unspecified atom stereocenters. The van der Waals surface area contributed by atoms with E-state index in [9.17, 15) is 0 Å². The highest BCUT2D eigenvalue weighted by atomic mass is 79.9. The molecule has 20 heavy (non-hydrogen) atoms. The molecule has 0 aliphatic heterocycles. The fraction of sp³-hybridized carbons (Fsp3) is 0. The van der Waals surface area contributed by atoms with Crippen LogP contribution in [0.1, 0.15) is 0 Å². The lowest BCUT2D eigenvalue weighted by molar-refractivity contribution is 1.13. The minimum atomic E-state index is 0.852. The van der Waals surface area contributed by atoms with Crippen LogP contribution in [0.3, 0.4) is 0 Å². The number of pyridine rings is 1. The quantitative estimate of drug-likeness (QED) is 0.454. The molecule has 4 aromatic rings. The van der Waals surface area contributed by atoms with Crippen molar-refractivity contribution in [1.29, 1.82) is 0 Å². The highest BCUT2D eigenvalue weighted by Gasteiger charge is 2.12. The van der Waals surface area contributed by atoms with E-state index in [2.05, 4.69) is 67.9 Å². The summed E-state index contributed by atoms with van der Waals surface area (Å²) in [7, 11) is 0. The number of benzene rings is 2. The summed E-state index contributed by atoms with van der Waals surface area (Å²) in [5.74, 6) is 0. The standard InChI is InChI=1S/C17H11BrN2/c18-16-11-10-14-13-8-4-5-9-15(13)20(17(14)19-16)12-6-2-1-3-7-12/h1-11H. The number of hydrogen-bond acceptors (Lipinski definition) is 1. The average Bonchev–Trinajstić information content (AvgIpc) is 2.81. The van der Waals surface area contributed by atoms with Crippen LogP contribution in [0, 0.1) is 0 Å². The Kier molecular flexibility index (Phi) is 2.60. The Morgan fingerprint density at radius 2 is 1.50 bits per heavy atom. The summed E-state index contributed by atoms with van der Waals surface area (Å²) in [6, 6.07) is 22.9. The van der Waals surface area contributed by atoms with E-state index in [-0.39, 0.29) is 0 Å². The van der Waals surface area contributed by atoms with Crippen LogP contribution in [0.5, 0.6) is 0 Å². The fourth-order valence-corrected chi connectivity index (χ4v) is 2.96. The summed E-state index contributed by atoms with van der Waals surface area (Å²) >= 11 is 3.47. The molecule has 96 valence electrons. The molecular formula is C17H11BrN2. The lowest BCUT2D eigenvalue weighted by atomic mass is 10.2. The molecule has 2 aromatic carbocycles. The number of halogens is 1. The van der Waals surface area contributed by atoms with Gasteiger partial charge in [0.2, 0.25) is 0 Å². The molecule has 0 saturated heterocycles. The Morgan fingerprint density at radius 1 is 0.750 bits per heavy atom. The van der Waals surface area contributed by atoms with Crippen molar-refractivity contribution in [3.05, 3.63) is 71.3 Å². The molecule has 2 heterocycles. The van der Waals surface area contributed by atoms with Gasteiger partial charge in [0, 0.05) is 16.5 Å². The summed E-state index contributed by atoms with van der Waals surface area (Å²) in [6.45, 7) is 0. The third kappa shape index (κ3) is 1.67. The van der Waals surface area contributed by atoms with Crippen LogP contribution < -0.4 is 0 Å². The zero-order chi connectivity index (χ0) is 13.5. The smallest absolute Gasteiger partial charge is 0.146 e. The lowest BCUT2D eigenvalue weighted by Gasteiger charge is -2.06. The zero-order valence-corrected chi connectivity index (χ0v) is 12.2. The molecule has 0 saturated carbocycles. The van der Waals surface area contributed by atoms with Gasteiger partial charge in [0.25, 0.3) is 0 Å². The summed E-state index contributed by atoms with van der Waals surface area (Å²) in [5.41, 5.74) is 3.29. The second-order valence-electron chi connectivity index (χ2n) is 4.69. The Hall–Kier alpha value is -2.13. The number of aromatic nitrogens is 2. The highest BCUT2D eigenvalue weighted by Crippen LogP contribution is 2.31. The molecule has 0 atom stereocenters. The second kappa shape index (κ2) is 4.46. The first kappa shape index (κ1) is 11.7. The van der Waals surface area contributed by atoms with Crippen LogP contribution >= 0.6 is 15.9 Å². The van der Waals surface area contributed by atoms with Gasteiger partial charge in [-0.2, -0.15) is 0 Å². The van der Waals surface area contributed by atoms with Crippen molar-refractivity contribution in [2.45, 2.75) is 0 Å². The molecule has 0 bridgehead atoms. The third-order valence-corrected chi connectivity index (χ3v) is 3.94. The van der Waals surface area contributed by atoms with Gasteiger partial charge in [-0.1, -0.05) is 36.4 Å². The maximum atomic E-state index is 4.67. The van der Waals surface area contributed by atoms with Crippen LogP contribution in [0.2, 0.25) is 0 Å². The van der Waals surface area contributed by atoms with Crippen molar-refractivity contribution in [2.75, 3.05) is 0 Å². The monoisotopic (exact) mass is 322 g/mol. The molecule has 4 rings (SSSR count). The van der Waals surface area contributed by atoms with Crippen LogP contribution in [-0.2, 0) is 0 Å². The summed E-state index contributed by atoms with van der Waals surface area (Å²) in [4.78, 5) is 4.67. The molecule has 3 heteroatoms. The predicted molar refractivity (Wildman–Crippen MR) is 86.3 cm³/mol. The zero-order valence-electron chi connectivity index (χ0n) is 10.6. The lowest BCUT2D eigenvalue weighted by Crippen LogP contribution is -1.94. The Morgan fingerprint density at radius 3 is 2.35 bits per heavy atom. The van der Waals surface area contributed by atoms with E-state index in [1.807, 2.05) is 24.3 Å². The molecule has 0 N–H and O–H groups in total. The van der Waals surface area contributed by atoms with E-state index in [4.69, 9.17) is 0 Å². The van der Waals surface area contributed by atoms with Gasteiger partial charge < -0.3 is 0 Å². The van der Waals surface area contributed by atoms with Gasteiger partial charge in [-0.25, -0.2) is 4.98 Å². The van der Waals surface area contributed by atoms with Crippen LogP contribution in [0.25, 0.3) is 27.6 Å². The van der Waals surface area contributed by atoms with E-state index in [0.29, 0.717) is 0 Å². The van der Waals surface area contributed by atoms with Gasteiger partial charge >= 0.3 is 0 Å². The van der Waals surface area contributed by atoms with Crippen molar-refractivity contribution in [3.8, 4) is 5.69 Å². The van der Waals surface area contributed by atoms with Gasteiger partial charge in [0.1, 0.15) is 10.3 Å². The number of rotatable bonds is 1. The maximum Gasteiger partial charge on any atom is 0.146 e. The molecule has 0 spiro atoms. The summed E-state index contributed by atoms with van der Waals surface area (Å²) in [5, 5.41) is 2.40. The molecule has 2 aromatic heterocycles. The second-order valence-corrected chi connectivity index (χ2v) is 5.51. The molecule has 0 amide bonds. The van der Waals surface area contributed by atoms with E-state index < -0.39 is 0 Å². The highest BCUT2D eigenvalue weighted by molar-refractivity contribution is 9.10. The van der Waals surface area contributed by atoms with Crippen molar-refractivity contribution in [2.24, 2.45) is 0 Å². The van der Waals surface area contributed by atoms with E-state index >= 15 is 0 Å². The molecule has 0 aliphatic carbocycles. The predicted octanol–water partition coefficient (Wildman–Crippen LogP) is 4.94. The topological polar surface area (TPSA) is 17.8 Å². The minimum absolute atomic E-state index is 0.852. The number of fused-ring (bicyclic) bond motifs is 3. The van der Waals surface area contributed by atoms with Crippen molar-refractivity contribution in [1.82, 2.24) is 9.55 Å². The first-order valence-corrected chi connectivity index (χ1v) is 7.25. The van der Waals surface area contributed by atoms with Gasteiger partial charge in [0.05, 0.1) is 5.52 Å². The van der Waals surface area contributed by atoms with Crippen molar-refractivity contribution >= 4 is 37.9 Å². The van der Waals surface area contributed by atoms with Gasteiger partial charge in [-0.3, -0.25) is 4.57 Å². The Balaban J connectivity index is 2.23. The SMILES string of the molecule is Brc1ccc2c3ccccc3n(-c3ccccc3)c2n1. The van der Waals surface area contributed by atoms with E-state index in [1.54, 1.807) is 0 Å². The minimum Gasteiger partial charge on any atom is -0.294 e. The first-order valence-electron chi connectivity index (χ1n) is 6.46. The van der Waals surface area contributed by atoms with Crippen LogP contribution in [-0.4, -0.2) is 9.55 Å². The van der Waals surface area contributed by atoms with Gasteiger partial charge in [0.15, 0.2) is 0 Å². The normalized spacial score (nSPS) is 11.2. The van der Waals surface area contributed by atoms with Crippen LogP contribution in [0.15, 0.2) is 71.3 Å². The fourth-order valence-electron chi connectivity index (χ4n) is 2.65. The van der Waals surface area contributed by atoms with Crippen molar-refractivity contribution in [3.63, 3.8) is 0 Å². The molecule has 0 radical (unpaired) electrons. The Labute approximate surface area is 124 Å². The molecular weight excluding hydrogens is 312 g/mol. The van der Waals surface area contributed by atoms with Gasteiger partial charge in [-0.15, -0.1) is 0 Å². The molecule has 0 aliphatic rings. The number of hydrogen-bond donors (Lipinski definition) is 0. The first-order chi connectivity index (χ1) is 9.84. The van der Waals surface area contributed by atoms with Crippen LogP contribution in [0.4, 0.5) is 0 Å². The maximum absolute atomic E-state index is 4.67.